The predicted molar refractivity (Wildman–Crippen MR) is 214 cm³/mol. The van der Waals surface area contributed by atoms with Gasteiger partial charge in [0.25, 0.3) is 0 Å². The van der Waals surface area contributed by atoms with Crippen LogP contribution in [0, 0.1) is 5.92 Å². The first kappa shape index (κ1) is 42.6. The maximum atomic E-state index is 14.0. The summed E-state index contributed by atoms with van der Waals surface area (Å²) in [6, 6.07) is 12.2. The zero-order valence-electron chi connectivity index (χ0n) is 35.0. The highest BCUT2D eigenvalue weighted by molar-refractivity contribution is 5.93. The Hall–Kier alpha value is -3.84. The number of benzene rings is 3. The number of rotatable bonds is 10. The molecule has 7 heteroatoms. The van der Waals surface area contributed by atoms with Crippen molar-refractivity contribution >= 4 is 12.2 Å². The van der Waals surface area contributed by atoms with Crippen molar-refractivity contribution in [3.8, 4) is 17.2 Å². The number of nitrogens with zero attached hydrogens (tertiary/aromatic N) is 1. The van der Waals surface area contributed by atoms with Gasteiger partial charge in [-0.3, -0.25) is 4.99 Å². The molecule has 3 aromatic rings. The molecule has 3 aromatic carbocycles. The molecule has 286 valence electrons. The zero-order valence-corrected chi connectivity index (χ0v) is 35.0. The van der Waals surface area contributed by atoms with Crippen LogP contribution >= 0.6 is 0 Å². The molecular formula is C45H65NO6. The highest BCUT2D eigenvalue weighted by Crippen LogP contribution is 2.49. The van der Waals surface area contributed by atoms with Gasteiger partial charge in [-0.25, -0.2) is 4.79 Å². The number of esters is 1. The second-order valence-corrected chi connectivity index (χ2v) is 18.3. The molecular weight excluding hydrogens is 650 g/mol. The lowest BCUT2D eigenvalue weighted by Crippen LogP contribution is -2.44. The first-order valence-electron chi connectivity index (χ1n) is 18.4. The molecule has 0 heterocycles. The summed E-state index contributed by atoms with van der Waals surface area (Å²) in [4.78, 5) is 17.6. The third-order valence-corrected chi connectivity index (χ3v) is 10.1. The lowest BCUT2D eigenvalue weighted by Gasteiger charge is -2.42. The van der Waals surface area contributed by atoms with E-state index in [9.17, 15) is 15.0 Å². The fourth-order valence-electron chi connectivity index (χ4n) is 6.83. The van der Waals surface area contributed by atoms with E-state index in [0.717, 1.165) is 33.8 Å². The number of hydrogen-bond donors (Lipinski definition) is 2. The smallest absolute Gasteiger partial charge is 0.337 e. The molecule has 0 aromatic heterocycles. The minimum atomic E-state index is -1.68. The zero-order chi connectivity index (χ0) is 39.8. The van der Waals surface area contributed by atoms with Crippen LogP contribution in [-0.2, 0) is 32.0 Å². The Balaban J connectivity index is 2.68. The molecule has 0 amide bonds. The minimum absolute atomic E-state index is 0.0354. The molecule has 0 aliphatic rings. The topological polar surface area (TPSA) is 97.6 Å². The molecule has 0 spiro atoms. The van der Waals surface area contributed by atoms with Gasteiger partial charge in [0.1, 0.15) is 22.8 Å². The Morgan fingerprint density at radius 1 is 0.712 bits per heavy atom. The summed E-state index contributed by atoms with van der Waals surface area (Å²) in [5, 5.41) is 24.9. The Labute approximate surface area is 313 Å². The van der Waals surface area contributed by atoms with Gasteiger partial charge >= 0.3 is 5.97 Å². The second-order valence-electron chi connectivity index (χ2n) is 18.3. The molecule has 7 nitrogen and oxygen atoms in total. The number of ether oxygens (including phenoxy) is 3. The van der Waals surface area contributed by atoms with E-state index >= 15 is 0 Å². The van der Waals surface area contributed by atoms with Crippen molar-refractivity contribution in [3.05, 3.63) is 87.0 Å². The number of phenolic OH excluding ortho intramolecular Hbond substituents is 1. The summed E-state index contributed by atoms with van der Waals surface area (Å²) >= 11 is 0. The Morgan fingerprint density at radius 3 is 1.40 bits per heavy atom. The predicted octanol–water partition coefficient (Wildman–Crippen LogP) is 10.2. The summed E-state index contributed by atoms with van der Waals surface area (Å²) < 4.78 is 17.3. The van der Waals surface area contributed by atoms with E-state index in [0.29, 0.717) is 23.1 Å². The Kier molecular flexibility index (Phi) is 12.5. The average Bonchev–Trinajstić information content (AvgIpc) is 3.05. The fraction of sp³-hybridized carbons (Fsp3) is 0.556. The number of phenols is 1. The summed E-state index contributed by atoms with van der Waals surface area (Å²) in [6.45, 7) is 30.1. The van der Waals surface area contributed by atoms with Crippen LogP contribution in [0.2, 0.25) is 0 Å². The Bertz CT molecular complexity index is 1620. The number of methoxy groups -OCH3 is 3. The van der Waals surface area contributed by atoms with E-state index in [1.165, 1.54) is 19.2 Å². The van der Waals surface area contributed by atoms with Gasteiger partial charge in [0.2, 0.25) is 0 Å². The maximum absolute atomic E-state index is 14.0. The van der Waals surface area contributed by atoms with Gasteiger partial charge in [0.15, 0.2) is 0 Å². The van der Waals surface area contributed by atoms with Gasteiger partial charge in [-0.15, -0.1) is 0 Å². The van der Waals surface area contributed by atoms with Crippen molar-refractivity contribution in [2.45, 2.75) is 137 Å². The van der Waals surface area contributed by atoms with Crippen LogP contribution in [0.5, 0.6) is 17.2 Å². The average molecular weight is 716 g/mol. The van der Waals surface area contributed by atoms with E-state index in [2.05, 4.69) is 121 Å². The van der Waals surface area contributed by atoms with Gasteiger partial charge in [0, 0.05) is 34.0 Å². The number of hydrogen-bond acceptors (Lipinski definition) is 7. The third kappa shape index (κ3) is 8.68. The minimum Gasteiger partial charge on any atom is -0.507 e. The van der Waals surface area contributed by atoms with Gasteiger partial charge in [-0.2, -0.15) is 0 Å². The van der Waals surface area contributed by atoms with Gasteiger partial charge in [-0.1, -0.05) is 103 Å². The van der Waals surface area contributed by atoms with Gasteiger partial charge in [-0.05, 0) is 81.2 Å². The summed E-state index contributed by atoms with van der Waals surface area (Å²) in [5.74, 6) is 0.921. The molecule has 0 fully saturated rings. The molecule has 0 aliphatic heterocycles. The quantitative estimate of drug-likeness (QED) is 0.160. The lowest BCUT2D eigenvalue weighted by atomic mass is 9.68. The summed E-state index contributed by atoms with van der Waals surface area (Å²) in [7, 11) is 4.74. The van der Waals surface area contributed by atoms with Crippen LogP contribution in [0.25, 0.3) is 0 Å². The highest BCUT2D eigenvalue weighted by atomic mass is 16.5. The van der Waals surface area contributed by atoms with Crippen LogP contribution in [0.3, 0.4) is 0 Å². The molecule has 2 N–H and O–H groups in total. The highest BCUT2D eigenvalue weighted by Gasteiger charge is 2.46. The molecule has 0 saturated carbocycles. The van der Waals surface area contributed by atoms with Crippen molar-refractivity contribution < 1.29 is 29.2 Å². The van der Waals surface area contributed by atoms with Crippen molar-refractivity contribution in [1.29, 1.82) is 0 Å². The van der Waals surface area contributed by atoms with Gasteiger partial charge < -0.3 is 24.4 Å². The SMILES string of the molecule is CCC(C)C(N=Cc1cc(C(=O)OC)ccc1O)C(O)(c1cc(C(C)(C)C)c(OC)c(C(C)(C)C)c1)c1cc(C(C)(C)C)c(OC)c(C(C)(C)C)c1. The van der Waals surface area contributed by atoms with Crippen LogP contribution in [0.4, 0.5) is 0 Å². The molecule has 0 aliphatic carbocycles. The van der Waals surface area contributed by atoms with E-state index in [1.807, 2.05) is 0 Å². The first-order chi connectivity index (χ1) is 23.8. The maximum Gasteiger partial charge on any atom is 0.337 e. The molecule has 2 unspecified atom stereocenters. The largest absolute Gasteiger partial charge is 0.507 e. The summed E-state index contributed by atoms with van der Waals surface area (Å²) in [6.07, 6.45) is 2.28. The molecule has 2 atom stereocenters. The standard InChI is InChI=1S/C45H65NO6/c1-18-27(2)39(46-26-29-21-28(40(48)52-17)19-20-36(29)47)45(49,30-22-32(41(3,4)5)37(50-15)33(23-30)42(6,7)8)31-24-34(43(9,10)11)38(51-16)35(25-31)44(12,13)14/h19-27,39,47,49H,18H2,1-17H3. The monoisotopic (exact) mass is 715 g/mol. The number of carbonyl (C=O) groups excluding carboxylic acids is 1. The van der Waals surface area contributed by atoms with Crippen LogP contribution < -0.4 is 9.47 Å². The van der Waals surface area contributed by atoms with Crippen LogP contribution in [-0.4, -0.2) is 49.8 Å². The molecule has 0 radical (unpaired) electrons. The van der Waals surface area contributed by atoms with Crippen molar-refractivity contribution in [2.75, 3.05) is 21.3 Å². The first-order valence-corrected chi connectivity index (χ1v) is 18.4. The van der Waals surface area contributed by atoms with E-state index < -0.39 is 17.6 Å². The number of aromatic hydroxyl groups is 1. The van der Waals surface area contributed by atoms with E-state index in [4.69, 9.17) is 19.2 Å². The number of carbonyl (C=O) groups is 1. The van der Waals surface area contributed by atoms with Crippen LogP contribution in [0.1, 0.15) is 153 Å². The summed E-state index contributed by atoms with van der Waals surface area (Å²) in [5.41, 5.74) is 2.95. The van der Waals surface area contributed by atoms with Crippen molar-refractivity contribution in [1.82, 2.24) is 0 Å². The van der Waals surface area contributed by atoms with Gasteiger partial charge in [0.05, 0.1) is 32.9 Å². The normalized spacial score (nSPS) is 14.3. The van der Waals surface area contributed by atoms with Crippen molar-refractivity contribution in [2.24, 2.45) is 10.9 Å². The molecule has 3 rings (SSSR count). The lowest BCUT2D eigenvalue weighted by molar-refractivity contribution is 0.0323. The number of aliphatic hydroxyl groups is 1. The fourth-order valence-corrected chi connectivity index (χ4v) is 6.83. The number of aliphatic imine (C=N–C) groups is 1. The third-order valence-electron chi connectivity index (χ3n) is 10.1. The van der Waals surface area contributed by atoms with Crippen molar-refractivity contribution in [3.63, 3.8) is 0 Å². The van der Waals surface area contributed by atoms with E-state index in [-0.39, 0.29) is 38.9 Å². The van der Waals surface area contributed by atoms with E-state index in [1.54, 1.807) is 26.5 Å². The molecule has 52 heavy (non-hydrogen) atoms. The second kappa shape index (κ2) is 15.3. The Morgan fingerprint density at radius 2 is 1.10 bits per heavy atom. The van der Waals surface area contributed by atoms with Crippen LogP contribution in [0.15, 0.2) is 47.5 Å². The molecule has 0 bridgehead atoms. The molecule has 0 saturated heterocycles.